The molecule has 0 saturated heterocycles. The lowest BCUT2D eigenvalue weighted by Gasteiger charge is -2.18. The summed E-state index contributed by atoms with van der Waals surface area (Å²) < 4.78 is 15.6. The van der Waals surface area contributed by atoms with Gasteiger partial charge < -0.3 is 25.1 Å². The average Bonchev–Trinajstić information content (AvgIpc) is 2.35. The van der Waals surface area contributed by atoms with Crippen LogP contribution in [0.3, 0.4) is 0 Å². The van der Waals surface area contributed by atoms with E-state index in [0.29, 0.717) is 22.8 Å². The Kier molecular flexibility index (Phi) is 4.39. The Balaban J connectivity index is 3.31. The van der Waals surface area contributed by atoms with E-state index in [0.717, 1.165) is 0 Å². The average molecular weight is 227 g/mol. The summed E-state index contributed by atoms with van der Waals surface area (Å²) >= 11 is 0. The van der Waals surface area contributed by atoms with Crippen LogP contribution in [0, 0.1) is 0 Å². The van der Waals surface area contributed by atoms with E-state index < -0.39 is 6.04 Å². The second kappa shape index (κ2) is 5.58. The summed E-state index contributed by atoms with van der Waals surface area (Å²) in [6.07, 6.45) is 0. The summed E-state index contributed by atoms with van der Waals surface area (Å²) in [5, 5.41) is 9.05. The predicted molar refractivity (Wildman–Crippen MR) is 60.1 cm³/mol. The Bertz CT molecular complexity index is 354. The lowest BCUT2D eigenvalue weighted by Crippen LogP contribution is -2.16. The van der Waals surface area contributed by atoms with Crippen molar-refractivity contribution in [2.75, 3.05) is 27.9 Å². The number of hydrogen-bond donors (Lipinski definition) is 2. The van der Waals surface area contributed by atoms with Crippen molar-refractivity contribution in [3.63, 3.8) is 0 Å². The first kappa shape index (κ1) is 12.6. The molecule has 0 aliphatic carbocycles. The fraction of sp³-hybridized carbons (Fsp3) is 0.455. The van der Waals surface area contributed by atoms with Crippen LogP contribution in [0.2, 0.25) is 0 Å². The lowest BCUT2D eigenvalue weighted by atomic mass is 10.1. The predicted octanol–water partition coefficient (Wildman–Crippen LogP) is 0.705. The highest BCUT2D eigenvalue weighted by Crippen LogP contribution is 2.41. The van der Waals surface area contributed by atoms with E-state index in [9.17, 15) is 0 Å². The number of methoxy groups -OCH3 is 3. The maximum Gasteiger partial charge on any atom is 0.203 e. The summed E-state index contributed by atoms with van der Waals surface area (Å²) in [5.74, 6) is 1.53. The number of ether oxygens (including phenoxy) is 3. The third kappa shape index (κ3) is 2.20. The Labute approximate surface area is 94.7 Å². The van der Waals surface area contributed by atoms with Crippen LogP contribution in [0.15, 0.2) is 12.1 Å². The summed E-state index contributed by atoms with van der Waals surface area (Å²) in [5.41, 5.74) is 6.44. The molecule has 0 saturated carbocycles. The molecule has 3 N–H and O–H groups in total. The number of aliphatic hydroxyl groups is 1. The molecule has 1 aromatic carbocycles. The highest BCUT2D eigenvalue weighted by Gasteiger charge is 2.19. The lowest BCUT2D eigenvalue weighted by molar-refractivity contribution is 0.262. The van der Waals surface area contributed by atoms with Crippen molar-refractivity contribution in [3.8, 4) is 17.2 Å². The zero-order valence-electron chi connectivity index (χ0n) is 9.69. The van der Waals surface area contributed by atoms with E-state index in [2.05, 4.69) is 0 Å². The Morgan fingerprint density at radius 1 is 1.12 bits per heavy atom. The van der Waals surface area contributed by atoms with E-state index in [-0.39, 0.29) is 6.61 Å². The maximum absolute atomic E-state index is 9.05. The molecule has 0 aliphatic rings. The second-order valence-corrected chi connectivity index (χ2v) is 3.21. The molecule has 5 heteroatoms. The first-order valence-corrected chi connectivity index (χ1v) is 4.84. The SMILES string of the molecule is COc1ccc(C(N)CO)c(OC)c1OC. The van der Waals surface area contributed by atoms with E-state index in [1.807, 2.05) is 0 Å². The largest absolute Gasteiger partial charge is 0.493 e. The Morgan fingerprint density at radius 3 is 2.19 bits per heavy atom. The number of benzene rings is 1. The number of nitrogens with two attached hydrogens (primary N) is 1. The zero-order valence-corrected chi connectivity index (χ0v) is 9.69. The topological polar surface area (TPSA) is 73.9 Å². The van der Waals surface area contributed by atoms with Gasteiger partial charge in [-0.15, -0.1) is 0 Å². The third-order valence-electron chi connectivity index (χ3n) is 2.33. The number of hydrogen-bond acceptors (Lipinski definition) is 5. The fourth-order valence-corrected chi connectivity index (χ4v) is 1.51. The van der Waals surface area contributed by atoms with Gasteiger partial charge in [0.2, 0.25) is 5.75 Å². The maximum atomic E-state index is 9.05. The van der Waals surface area contributed by atoms with Crippen LogP contribution in [-0.2, 0) is 0 Å². The van der Waals surface area contributed by atoms with Gasteiger partial charge in [-0.05, 0) is 12.1 Å². The Hall–Kier alpha value is -1.46. The molecule has 16 heavy (non-hydrogen) atoms. The zero-order chi connectivity index (χ0) is 12.1. The molecule has 1 unspecified atom stereocenters. The molecule has 0 radical (unpaired) electrons. The molecule has 0 heterocycles. The molecular weight excluding hydrogens is 210 g/mol. The van der Waals surface area contributed by atoms with Gasteiger partial charge in [-0.25, -0.2) is 0 Å². The minimum atomic E-state index is -0.505. The van der Waals surface area contributed by atoms with Crippen LogP contribution in [0.5, 0.6) is 17.2 Å². The summed E-state index contributed by atoms with van der Waals surface area (Å²) in [4.78, 5) is 0. The highest BCUT2D eigenvalue weighted by molar-refractivity contribution is 5.56. The molecule has 90 valence electrons. The summed E-state index contributed by atoms with van der Waals surface area (Å²) in [7, 11) is 4.59. The first-order valence-electron chi connectivity index (χ1n) is 4.84. The van der Waals surface area contributed by atoms with Crippen LogP contribution >= 0.6 is 0 Å². The molecule has 0 aromatic heterocycles. The molecule has 0 aliphatic heterocycles. The van der Waals surface area contributed by atoms with Gasteiger partial charge in [0.1, 0.15) is 0 Å². The molecule has 1 rings (SSSR count). The van der Waals surface area contributed by atoms with Crippen molar-refractivity contribution in [3.05, 3.63) is 17.7 Å². The molecule has 1 atom stereocenters. The van der Waals surface area contributed by atoms with Crippen molar-refractivity contribution in [2.24, 2.45) is 5.73 Å². The van der Waals surface area contributed by atoms with E-state index in [1.165, 1.54) is 14.2 Å². The molecule has 5 nitrogen and oxygen atoms in total. The third-order valence-corrected chi connectivity index (χ3v) is 2.33. The number of aliphatic hydroxyl groups excluding tert-OH is 1. The quantitative estimate of drug-likeness (QED) is 0.774. The van der Waals surface area contributed by atoms with Crippen LogP contribution in [0.25, 0.3) is 0 Å². The second-order valence-electron chi connectivity index (χ2n) is 3.21. The van der Waals surface area contributed by atoms with Crippen molar-refractivity contribution in [1.29, 1.82) is 0 Å². The standard InChI is InChI=1S/C11H17NO4/c1-14-9-5-4-7(8(12)6-13)10(15-2)11(9)16-3/h4-5,8,13H,6,12H2,1-3H3. The molecular formula is C11H17NO4. The smallest absolute Gasteiger partial charge is 0.203 e. The monoisotopic (exact) mass is 227 g/mol. The van der Waals surface area contributed by atoms with Crippen molar-refractivity contribution >= 4 is 0 Å². The first-order chi connectivity index (χ1) is 7.69. The highest BCUT2D eigenvalue weighted by atomic mass is 16.5. The normalized spacial score (nSPS) is 12.1. The van der Waals surface area contributed by atoms with Gasteiger partial charge in [0.25, 0.3) is 0 Å². The van der Waals surface area contributed by atoms with Gasteiger partial charge in [-0.2, -0.15) is 0 Å². The van der Waals surface area contributed by atoms with Gasteiger partial charge in [0.15, 0.2) is 11.5 Å². The minimum absolute atomic E-state index is 0.161. The van der Waals surface area contributed by atoms with Gasteiger partial charge in [-0.1, -0.05) is 0 Å². The molecule has 0 amide bonds. The van der Waals surface area contributed by atoms with E-state index >= 15 is 0 Å². The molecule has 0 spiro atoms. The van der Waals surface area contributed by atoms with Crippen molar-refractivity contribution < 1.29 is 19.3 Å². The van der Waals surface area contributed by atoms with Crippen LogP contribution in [0.1, 0.15) is 11.6 Å². The van der Waals surface area contributed by atoms with E-state index in [4.69, 9.17) is 25.1 Å². The van der Waals surface area contributed by atoms with Gasteiger partial charge >= 0.3 is 0 Å². The van der Waals surface area contributed by atoms with Crippen LogP contribution in [0.4, 0.5) is 0 Å². The molecule has 1 aromatic rings. The van der Waals surface area contributed by atoms with Gasteiger partial charge in [0.05, 0.1) is 34.0 Å². The Morgan fingerprint density at radius 2 is 1.75 bits per heavy atom. The molecule has 0 fully saturated rings. The minimum Gasteiger partial charge on any atom is -0.493 e. The summed E-state index contributed by atoms with van der Waals surface area (Å²) in [6, 6.07) is 2.97. The van der Waals surface area contributed by atoms with E-state index in [1.54, 1.807) is 19.2 Å². The molecule has 0 bridgehead atoms. The van der Waals surface area contributed by atoms with Gasteiger partial charge in [-0.3, -0.25) is 0 Å². The van der Waals surface area contributed by atoms with Crippen LogP contribution < -0.4 is 19.9 Å². The number of rotatable bonds is 5. The van der Waals surface area contributed by atoms with Crippen molar-refractivity contribution in [1.82, 2.24) is 0 Å². The van der Waals surface area contributed by atoms with Crippen LogP contribution in [-0.4, -0.2) is 33.0 Å². The van der Waals surface area contributed by atoms with Crippen molar-refractivity contribution in [2.45, 2.75) is 6.04 Å². The summed E-state index contributed by atoms with van der Waals surface area (Å²) in [6.45, 7) is -0.161. The van der Waals surface area contributed by atoms with Gasteiger partial charge in [0, 0.05) is 5.56 Å². The fourth-order valence-electron chi connectivity index (χ4n) is 1.51.